The van der Waals surface area contributed by atoms with Crippen molar-refractivity contribution in [2.45, 2.75) is 19.4 Å². The van der Waals surface area contributed by atoms with Gasteiger partial charge in [0.15, 0.2) is 0 Å². The van der Waals surface area contributed by atoms with Gasteiger partial charge in [0, 0.05) is 26.7 Å². The Balaban J connectivity index is 2.00. The zero-order valence-corrected chi connectivity index (χ0v) is 12.8. The minimum absolute atomic E-state index is 0.123. The van der Waals surface area contributed by atoms with Gasteiger partial charge in [-0.15, -0.1) is 0 Å². The van der Waals surface area contributed by atoms with E-state index in [1.807, 2.05) is 19.0 Å². The van der Waals surface area contributed by atoms with Crippen molar-refractivity contribution in [1.29, 1.82) is 0 Å². The van der Waals surface area contributed by atoms with Gasteiger partial charge in [-0.05, 0) is 13.3 Å². The van der Waals surface area contributed by atoms with Gasteiger partial charge in [-0.2, -0.15) is 4.31 Å². The van der Waals surface area contributed by atoms with Crippen LogP contribution in [-0.2, 0) is 10.0 Å². The van der Waals surface area contributed by atoms with Crippen molar-refractivity contribution in [2.75, 3.05) is 37.8 Å². The van der Waals surface area contributed by atoms with Gasteiger partial charge in [0.2, 0.25) is 15.9 Å². The van der Waals surface area contributed by atoms with Crippen molar-refractivity contribution in [3.63, 3.8) is 0 Å². The first-order chi connectivity index (χ1) is 9.42. The van der Waals surface area contributed by atoms with E-state index in [1.54, 1.807) is 13.0 Å². The standard InChI is InChI=1S/C12H20N4O3S/c1-4-20(17,18)16-6-5-10(8-16)19-12-7-11(15(2)3)13-9-14-12/h7,9-10H,4-6,8H2,1-3H3/t10-/m1/s1. The smallest absolute Gasteiger partial charge is 0.218 e. The van der Waals surface area contributed by atoms with Crippen molar-refractivity contribution < 1.29 is 13.2 Å². The number of sulfonamides is 1. The summed E-state index contributed by atoms with van der Waals surface area (Å²) in [6.45, 7) is 2.54. The van der Waals surface area contributed by atoms with Crippen molar-refractivity contribution in [3.8, 4) is 5.88 Å². The van der Waals surface area contributed by atoms with Crippen LogP contribution in [0.4, 0.5) is 5.82 Å². The maximum atomic E-state index is 11.8. The molecular formula is C12H20N4O3S. The molecule has 0 aliphatic carbocycles. The Morgan fingerprint density at radius 1 is 1.45 bits per heavy atom. The molecule has 20 heavy (non-hydrogen) atoms. The second kappa shape index (κ2) is 5.92. The van der Waals surface area contributed by atoms with E-state index >= 15 is 0 Å². The first-order valence-corrected chi connectivity index (χ1v) is 8.17. The van der Waals surface area contributed by atoms with Crippen LogP contribution in [0.3, 0.4) is 0 Å². The van der Waals surface area contributed by atoms with Gasteiger partial charge in [0.1, 0.15) is 18.2 Å². The first-order valence-electron chi connectivity index (χ1n) is 6.56. The van der Waals surface area contributed by atoms with Crippen LogP contribution in [0.25, 0.3) is 0 Å². The van der Waals surface area contributed by atoms with Crippen LogP contribution in [0, 0.1) is 0 Å². The molecule has 0 saturated carbocycles. The zero-order chi connectivity index (χ0) is 14.8. The van der Waals surface area contributed by atoms with Crippen molar-refractivity contribution in [2.24, 2.45) is 0 Å². The Hall–Kier alpha value is -1.41. The molecule has 0 unspecified atom stereocenters. The summed E-state index contributed by atoms with van der Waals surface area (Å²) in [7, 11) is 0.640. The Morgan fingerprint density at radius 2 is 2.20 bits per heavy atom. The van der Waals surface area contributed by atoms with E-state index in [2.05, 4.69) is 9.97 Å². The molecule has 1 fully saturated rings. The highest BCUT2D eigenvalue weighted by Crippen LogP contribution is 2.20. The highest BCUT2D eigenvalue weighted by Gasteiger charge is 2.31. The predicted molar refractivity (Wildman–Crippen MR) is 76.4 cm³/mol. The number of ether oxygens (including phenoxy) is 1. The normalized spacial score (nSPS) is 20.1. The molecule has 1 aromatic rings. The number of anilines is 1. The molecule has 1 atom stereocenters. The average Bonchev–Trinajstić information content (AvgIpc) is 2.88. The van der Waals surface area contributed by atoms with Crippen LogP contribution in [0.1, 0.15) is 13.3 Å². The minimum atomic E-state index is -3.13. The molecule has 0 bridgehead atoms. The van der Waals surface area contributed by atoms with Gasteiger partial charge in [0.05, 0.1) is 12.3 Å². The number of nitrogens with zero attached hydrogens (tertiary/aromatic N) is 4. The molecular weight excluding hydrogens is 280 g/mol. The van der Waals surface area contributed by atoms with Crippen LogP contribution in [0.5, 0.6) is 5.88 Å². The third kappa shape index (κ3) is 3.37. The van der Waals surface area contributed by atoms with E-state index in [0.29, 0.717) is 25.4 Å². The van der Waals surface area contributed by atoms with Gasteiger partial charge in [0.25, 0.3) is 0 Å². The van der Waals surface area contributed by atoms with Crippen LogP contribution >= 0.6 is 0 Å². The summed E-state index contributed by atoms with van der Waals surface area (Å²) in [6.07, 6.45) is 1.97. The fraction of sp³-hybridized carbons (Fsp3) is 0.667. The van der Waals surface area contributed by atoms with E-state index < -0.39 is 10.0 Å². The molecule has 8 heteroatoms. The molecule has 2 rings (SSSR count). The Morgan fingerprint density at radius 3 is 2.85 bits per heavy atom. The molecule has 1 saturated heterocycles. The molecule has 1 aliphatic heterocycles. The summed E-state index contributed by atoms with van der Waals surface area (Å²) in [4.78, 5) is 10.0. The van der Waals surface area contributed by atoms with Gasteiger partial charge >= 0.3 is 0 Å². The van der Waals surface area contributed by atoms with Crippen LogP contribution in [0.15, 0.2) is 12.4 Å². The summed E-state index contributed by atoms with van der Waals surface area (Å²) < 4.78 is 30.8. The van der Waals surface area contributed by atoms with Crippen LogP contribution in [0.2, 0.25) is 0 Å². The van der Waals surface area contributed by atoms with E-state index in [0.717, 1.165) is 5.82 Å². The molecule has 1 aromatic heterocycles. The maximum Gasteiger partial charge on any atom is 0.218 e. The van der Waals surface area contributed by atoms with Crippen LogP contribution in [-0.4, -0.2) is 61.7 Å². The van der Waals surface area contributed by atoms with E-state index in [1.165, 1.54) is 10.6 Å². The third-order valence-corrected chi connectivity index (χ3v) is 5.09. The fourth-order valence-corrected chi connectivity index (χ4v) is 3.18. The SMILES string of the molecule is CCS(=O)(=O)N1CC[C@@H](Oc2cc(N(C)C)ncn2)C1. The van der Waals surface area contributed by atoms with E-state index in [9.17, 15) is 8.42 Å². The lowest BCUT2D eigenvalue weighted by Crippen LogP contribution is -2.32. The molecule has 7 nitrogen and oxygen atoms in total. The molecule has 2 heterocycles. The molecule has 0 radical (unpaired) electrons. The molecule has 0 spiro atoms. The lowest BCUT2D eigenvalue weighted by molar-refractivity contribution is 0.206. The number of hydrogen-bond donors (Lipinski definition) is 0. The summed E-state index contributed by atoms with van der Waals surface area (Å²) in [5.41, 5.74) is 0. The fourth-order valence-electron chi connectivity index (χ4n) is 2.04. The highest BCUT2D eigenvalue weighted by molar-refractivity contribution is 7.89. The lowest BCUT2D eigenvalue weighted by atomic mass is 10.3. The second-order valence-corrected chi connectivity index (χ2v) is 7.15. The molecule has 1 aliphatic rings. The van der Waals surface area contributed by atoms with E-state index in [4.69, 9.17) is 4.74 Å². The largest absolute Gasteiger partial charge is 0.473 e. The van der Waals surface area contributed by atoms with Crippen molar-refractivity contribution in [3.05, 3.63) is 12.4 Å². The van der Waals surface area contributed by atoms with Gasteiger partial charge in [-0.1, -0.05) is 0 Å². The maximum absolute atomic E-state index is 11.8. The summed E-state index contributed by atoms with van der Waals surface area (Å²) in [6, 6.07) is 1.75. The molecule has 112 valence electrons. The number of aromatic nitrogens is 2. The second-order valence-electron chi connectivity index (χ2n) is 4.90. The van der Waals surface area contributed by atoms with Gasteiger partial charge in [-0.25, -0.2) is 18.4 Å². The quantitative estimate of drug-likeness (QED) is 0.781. The zero-order valence-electron chi connectivity index (χ0n) is 12.0. The van der Waals surface area contributed by atoms with Crippen molar-refractivity contribution >= 4 is 15.8 Å². The summed E-state index contributed by atoms with van der Waals surface area (Å²) in [5, 5.41) is 0. The average molecular weight is 300 g/mol. The number of rotatable bonds is 5. The highest BCUT2D eigenvalue weighted by atomic mass is 32.2. The van der Waals surface area contributed by atoms with Crippen LogP contribution < -0.4 is 9.64 Å². The molecule has 0 N–H and O–H groups in total. The minimum Gasteiger partial charge on any atom is -0.473 e. The van der Waals surface area contributed by atoms with Gasteiger partial charge in [-0.3, -0.25) is 0 Å². The Labute approximate surface area is 119 Å². The predicted octanol–water partition coefficient (Wildman–Crippen LogP) is 0.345. The summed E-state index contributed by atoms with van der Waals surface area (Å²) in [5.74, 6) is 1.35. The Bertz CT molecular complexity index is 562. The Kier molecular flexibility index (Phi) is 4.44. The first kappa shape index (κ1) is 15.0. The van der Waals surface area contributed by atoms with E-state index in [-0.39, 0.29) is 11.9 Å². The summed E-state index contributed by atoms with van der Waals surface area (Å²) >= 11 is 0. The topological polar surface area (TPSA) is 75.6 Å². The van der Waals surface area contributed by atoms with Crippen molar-refractivity contribution in [1.82, 2.24) is 14.3 Å². The monoisotopic (exact) mass is 300 g/mol. The molecule has 0 aromatic carbocycles. The molecule has 0 amide bonds. The third-order valence-electron chi connectivity index (χ3n) is 3.24. The van der Waals surface area contributed by atoms with Gasteiger partial charge < -0.3 is 9.64 Å². The number of hydrogen-bond acceptors (Lipinski definition) is 6. The lowest BCUT2D eigenvalue weighted by Gasteiger charge is -2.16.